The van der Waals surface area contributed by atoms with Crippen LogP contribution >= 0.6 is 0 Å². The van der Waals surface area contributed by atoms with Crippen molar-refractivity contribution in [3.63, 3.8) is 0 Å². The number of carboxylic acids is 1. The lowest BCUT2D eigenvalue weighted by molar-refractivity contribution is -0.141. The number of benzene rings is 1. The van der Waals surface area contributed by atoms with E-state index in [2.05, 4.69) is 44.3 Å². The van der Waals surface area contributed by atoms with E-state index in [9.17, 15) is 4.79 Å². The van der Waals surface area contributed by atoms with Gasteiger partial charge in [-0.2, -0.15) is 0 Å². The molecule has 6 nitrogen and oxygen atoms in total. The SMILES string of the molecule is O=C(O)[C@@H]1CC[C@H](CNc2ccc(-c3nnc4n3CCCC4)cc2)C1. The van der Waals surface area contributed by atoms with Crippen LogP contribution in [0.1, 0.15) is 37.9 Å². The van der Waals surface area contributed by atoms with Crippen LogP contribution in [0.5, 0.6) is 0 Å². The average Bonchev–Trinajstić information content (AvgIpc) is 3.28. The highest BCUT2D eigenvalue weighted by Gasteiger charge is 2.29. The summed E-state index contributed by atoms with van der Waals surface area (Å²) in [6.45, 7) is 1.84. The van der Waals surface area contributed by atoms with Crippen LogP contribution in [0, 0.1) is 11.8 Å². The number of hydrogen-bond acceptors (Lipinski definition) is 4. The Kier molecular flexibility index (Phi) is 4.42. The van der Waals surface area contributed by atoms with Crippen LogP contribution in [-0.4, -0.2) is 32.4 Å². The van der Waals surface area contributed by atoms with Gasteiger partial charge in [-0.05, 0) is 62.3 Å². The van der Waals surface area contributed by atoms with Crippen LogP contribution in [0.2, 0.25) is 0 Å². The summed E-state index contributed by atoms with van der Waals surface area (Å²) in [4.78, 5) is 11.0. The first-order valence-corrected chi connectivity index (χ1v) is 9.20. The number of carboxylic acid groups (broad SMARTS) is 1. The first-order chi connectivity index (χ1) is 12.2. The second kappa shape index (κ2) is 6.86. The van der Waals surface area contributed by atoms with Crippen molar-refractivity contribution in [2.24, 2.45) is 11.8 Å². The van der Waals surface area contributed by atoms with Crippen molar-refractivity contribution >= 4 is 11.7 Å². The van der Waals surface area contributed by atoms with Gasteiger partial charge in [-0.3, -0.25) is 4.79 Å². The van der Waals surface area contributed by atoms with Gasteiger partial charge in [0.2, 0.25) is 0 Å². The fourth-order valence-electron chi connectivity index (χ4n) is 4.01. The Labute approximate surface area is 147 Å². The molecule has 1 fully saturated rings. The van der Waals surface area contributed by atoms with Gasteiger partial charge in [-0.1, -0.05) is 0 Å². The zero-order chi connectivity index (χ0) is 17.2. The molecule has 6 heteroatoms. The number of nitrogens with one attached hydrogen (secondary N) is 1. The highest BCUT2D eigenvalue weighted by Crippen LogP contribution is 2.31. The fourth-order valence-corrected chi connectivity index (χ4v) is 4.01. The standard InChI is InChI=1S/C19H24N4O2/c24-19(25)15-5-4-13(11-15)12-20-16-8-6-14(7-9-16)18-22-21-17-3-1-2-10-23(17)18/h6-9,13,15,20H,1-5,10-12H2,(H,24,25)/t13-,15+/m0/s1. The topological polar surface area (TPSA) is 80.0 Å². The molecule has 25 heavy (non-hydrogen) atoms. The van der Waals surface area contributed by atoms with Crippen LogP contribution in [0.15, 0.2) is 24.3 Å². The van der Waals surface area contributed by atoms with Crippen LogP contribution in [0.3, 0.4) is 0 Å². The Hall–Kier alpha value is -2.37. The third kappa shape index (κ3) is 3.38. The maximum Gasteiger partial charge on any atom is 0.306 e. The zero-order valence-electron chi connectivity index (χ0n) is 14.3. The van der Waals surface area contributed by atoms with Gasteiger partial charge in [0.05, 0.1) is 5.92 Å². The number of rotatable bonds is 5. The van der Waals surface area contributed by atoms with Gasteiger partial charge in [0.1, 0.15) is 5.82 Å². The Morgan fingerprint density at radius 1 is 1.20 bits per heavy atom. The van der Waals surface area contributed by atoms with Crippen molar-refractivity contribution in [2.45, 2.75) is 45.1 Å². The molecule has 2 heterocycles. The molecule has 2 N–H and O–H groups in total. The average molecular weight is 340 g/mol. The van der Waals surface area contributed by atoms with Gasteiger partial charge in [0, 0.05) is 30.8 Å². The summed E-state index contributed by atoms with van der Waals surface area (Å²) in [5.41, 5.74) is 2.17. The van der Waals surface area contributed by atoms with Crippen LogP contribution in [-0.2, 0) is 17.8 Å². The van der Waals surface area contributed by atoms with Gasteiger partial charge in [0.25, 0.3) is 0 Å². The summed E-state index contributed by atoms with van der Waals surface area (Å²) in [7, 11) is 0. The van der Waals surface area contributed by atoms with Crippen LogP contribution < -0.4 is 5.32 Å². The van der Waals surface area contributed by atoms with E-state index in [1.807, 2.05) is 0 Å². The smallest absolute Gasteiger partial charge is 0.306 e. The summed E-state index contributed by atoms with van der Waals surface area (Å²) in [6.07, 6.45) is 5.99. The lowest BCUT2D eigenvalue weighted by atomic mass is 10.1. The summed E-state index contributed by atoms with van der Waals surface area (Å²) < 4.78 is 2.23. The van der Waals surface area contributed by atoms with Gasteiger partial charge in [0.15, 0.2) is 5.82 Å². The first kappa shape index (κ1) is 16.1. The molecule has 0 saturated heterocycles. The van der Waals surface area contributed by atoms with Crippen LogP contribution in [0.4, 0.5) is 5.69 Å². The van der Waals surface area contributed by atoms with E-state index in [0.717, 1.165) is 61.7 Å². The van der Waals surface area contributed by atoms with Gasteiger partial charge < -0.3 is 15.0 Å². The third-order valence-electron chi connectivity index (χ3n) is 5.49. The molecule has 132 valence electrons. The second-order valence-electron chi connectivity index (χ2n) is 7.22. The summed E-state index contributed by atoms with van der Waals surface area (Å²) >= 11 is 0. The highest BCUT2D eigenvalue weighted by atomic mass is 16.4. The Bertz CT molecular complexity index is 753. The fraction of sp³-hybridized carbons (Fsp3) is 0.526. The molecule has 1 aliphatic heterocycles. The Morgan fingerprint density at radius 3 is 2.80 bits per heavy atom. The van der Waals surface area contributed by atoms with Crippen molar-refractivity contribution in [3.05, 3.63) is 30.1 Å². The molecule has 0 unspecified atom stereocenters. The van der Waals surface area contributed by atoms with E-state index in [-0.39, 0.29) is 5.92 Å². The molecule has 1 saturated carbocycles. The van der Waals surface area contributed by atoms with E-state index in [1.165, 1.54) is 12.8 Å². The predicted molar refractivity (Wildman–Crippen MR) is 95.4 cm³/mol. The van der Waals surface area contributed by atoms with E-state index in [1.54, 1.807) is 0 Å². The Balaban J connectivity index is 1.38. The minimum Gasteiger partial charge on any atom is -0.481 e. The van der Waals surface area contributed by atoms with Crippen molar-refractivity contribution in [1.29, 1.82) is 0 Å². The Morgan fingerprint density at radius 2 is 2.04 bits per heavy atom. The highest BCUT2D eigenvalue weighted by molar-refractivity contribution is 5.70. The first-order valence-electron chi connectivity index (χ1n) is 9.20. The number of carbonyl (C=O) groups is 1. The molecule has 0 amide bonds. The largest absolute Gasteiger partial charge is 0.481 e. The van der Waals surface area contributed by atoms with E-state index in [0.29, 0.717) is 5.92 Å². The molecule has 0 bridgehead atoms. The molecule has 2 aliphatic rings. The molecular formula is C19H24N4O2. The van der Waals surface area contributed by atoms with Crippen molar-refractivity contribution in [2.75, 3.05) is 11.9 Å². The minimum atomic E-state index is -0.650. The molecule has 0 spiro atoms. The minimum absolute atomic E-state index is 0.159. The molecule has 4 rings (SSSR count). The third-order valence-corrected chi connectivity index (χ3v) is 5.49. The van der Waals surface area contributed by atoms with Gasteiger partial charge >= 0.3 is 5.97 Å². The van der Waals surface area contributed by atoms with Crippen molar-refractivity contribution < 1.29 is 9.90 Å². The monoisotopic (exact) mass is 340 g/mol. The number of aromatic nitrogens is 3. The molecule has 2 atom stereocenters. The number of aliphatic carboxylic acids is 1. The number of fused-ring (bicyclic) bond motifs is 1. The normalized spacial score (nSPS) is 22.6. The zero-order valence-corrected chi connectivity index (χ0v) is 14.3. The number of aryl methyl sites for hydroxylation is 1. The predicted octanol–water partition coefficient (Wildman–Crippen LogP) is 3.19. The number of anilines is 1. The maximum atomic E-state index is 11.0. The quantitative estimate of drug-likeness (QED) is 0.874. The lowest BCUT2D eigenvalue weighted by Gasteiger charge is -2.15. The van der Waals surface area contributed by atoms with E-state index in [4.69, 9.17) is 5.11 Å². The van der Waals surface area contributed by atoms with Crippen molar-refractivity contribution in [3.8, 4) is 11.4 Å². The second-order valence-corrected chi connectivity index (χ2v) is 7.22. The number of hydrogen-bond donors (Lipinski definition) is 2. The van der Waals surface area contributed by atoms with Crippen molar-refractivity contribution in [1.82, 2.24) is 14.8 Å². The molecule has 1 aromatic carbocycles. The molecule has 0 radical (unpaired) electrons. The molecule has 1 aromatic heterocycles. The number of nitrogens with zero attached hydrogens (tertiary/aromatic N) is 3. The molecule has 1 aliphatic carbocycles. The summed E-state index contributed by atoms with van der Waals surface area (Å²) in [5.74, 6) is 1.69. The van der Waals surface area contributed by atoms with Gasteiger partial charge in [-0.25, -0.2) is 0 Å². The lowest BCUT2D eigenvalue weighted by Crippen LogP contribution is -2.14. The van der Waals surface area contributed by atoms with E-state index >= 15 is 0 Å². The maximum absolute atomic E-state index is 11.0. The summed E-state index contributed by atoms with van der Waals surface area (Å²) in [5, 5.41) is 21.2. The molecule has 2 aromatic rings. The van der Waals surface area contributed by atoms with Gasteiger partial charge in [-0.15, -0.1) is 10.2 Å². The van der Waals surface area contributed by atoms with Crippen LogP contribution in [0.25, 0.3) is 11.4 Å². The summed E-state index contributed by atoms with van der Waals surface area (Å²) in [6, 6.07) is 8.32. The molecular weight excluding hydrogens is 316 g/mol. The van der Waals surface area contributed by atoms with E-state index < -0.39 is 5.97 Å².